The second-order valence-electron chi connectivity index (χ2n) is 6.41. The number of nitrogens with zero attached hydrogens (tertiary/aromatic N) is 3. The van der Waals surface area contributed by atoms with Gasteiger partial charge in [0.05, 0.1) is 24.0 Å². The number of para-hydroxylation sites is 1. The first-order chi connectivity index (χ1) is 13.8. The van der Waals surface area contributed by atoms with Crippen molar-refractivity contribution in [3.63, 3.8) is 0 Å². The van der Waals surface area contributed by atoms with Gasteiger partial charge >= 0.3 is 0 Å². The van der Waals surface area contributed by atoms with Crippen LogP contribution in [0.25, 0.3) is 22.6 Å². The maximum Gasteiger partial charge on any atom is 0.228 e. The smallest absolute Gasteiger partial charge is 0.228 e. The van der Waals surface area contributed by atoms with E-state index in [2.05, 4.69) is 25.6 Å². The molecule has 0 saturated carbocycles. The SMILES string of the molecule is O=C1Cc2cnc(Nc3ccc(-c4cnco4)cc3)nc2-c2ccccc2N1. The van der Waals surface area contributed by atoms with Crippen molar-refractivity contribution < 1.29 is 9.21 Å². The van der Waals surface area contributed by atoms with E-state index in [1.807, 2.05) is 48.5 Å². The summed E-state index contributed by atoms with van der Waals surface area (Å²) in [6, 6.07) is 15.4. The Balaban J connectivity index is 1.47. The molecule has 0 aliphatic carbocycles. The molecule has 0 atom stereocenters. The van der Waals surface area contributed by atoms with E-state index in [1.54, 1.807) is 12.4 Å². The van der Waals surface area contributed by atoms with Crippen LogP contribution in [0.15, 0.2) is 71.7 Å². The fourth-order valence-corrected chi connectivity index (χ4v) is 3.20. The summed E-state index contributed by atoms with van der Waals surface area (Å²) in [5.41, 5.74) is 4.98. The summed E-state index contributed by atoms with van der Waals surface area (Å²) in [4.78, 5) is 25.1. The topological polar surface area (TPSA) is 92.9 Å². The van der Waals surface area contributed by atoms with E-state index in [0.29, 0.717) is 11.7 Å². The number of hydrogen-bond donors (Lipinski definition) is 2. The van der Waals surface area contributed by atoms with Crippen molar-refractivity contribution in [2.24, 2.45) is 0 Å². The molecule has 0 saturated heterocycles. The molecule has 0 spiro atoms. The average molecular weight is 369 g/mol. The van der Waals surface area contributed by atoms with Crippen molar-refractivity contribution in [2.75, 3.05) is 10.6 Å². The predicted octanol–water partition coefficient (Wildman–Crippen LogP) is 4.04. The molecular formula is C21H15N5O2. The minimum Gasteiger partial charge on any atom is -0.444 e. The van der Waals surface area contributed by atoms with Gasteiger partial charge in [-0.1, -0.05) is 18.2 Å². The van der Waals surface area contributed by atoms with Gasteiger partial charge in [0, 0.05) is 28.6 Å². The van der Waals surface area contributed by atoms with Gasteiger partial charge in [0.25, 0.3) is 0 Å². The van der Waals surface area contributed by atoms with Gasteiger partial charge in [0.2, 0.25) is 11.9 Å². The molecule has 4 aromatic rings. The van der Waals surface area contributed by atoms with Crippen LogP contribution in [0, 0.1) is 0 Å². The van der Waals surface area contributed by atoms with E-state index in [0.717, 1.165) is 33.8 Å². The molecule has 2 aromatic heterocycles. The van der Waals surface area contributed by atoms with Crippen LogP contribution in [0.1, 0.15) is 5.56 Å². The van der Waals surface area contributed by atoms with Crippen LogP contribution in [-0.2, 0) is 11.2 Å². The summed E-state index contributed by atoms with van der Waals surface area (Å²) in [5, 5.41) is 6.13. The summed E-state index contributed by atoms with van der Waals surface area (Å²) < 4.78 is 5.30. The molecule has 0 radical (unpaired) electrons. The molecule has 5 rings (SSSR count). The van der Waals surface area contributed by atoms with E-state index >= 15 is 0 Å². The predicted molar refractivity (Wildman–Crippen MR) is 105 cm³/mol. The van der Waals surface area contributed by atoms with Gasteiger partial charge in [-0.15, -0.1) is 0 Å². The Labute approximate surface area is 160 Å². The normalized spacial score (nSPS) is 12.5. The van der Waals surface area contributed by atoms with Gasteiger partial charge < -0.3 is 15.1 Å². The number of aromatic nitrogens is 3. The quantitative estimate of drug-likeness (QED) is 0.566. The number of carbonyl (C=O) groups excluding carboxylic acids is 1. The number of fused-ring (bicyclic) bond motifs is 3. The number of anilines is 3. The van der Waals surface area contributed by atoms with Gasteiger partial charge in [-0.05, 0) is 30.3 Å². The van der Waals surface area contributed by atoms with Crippen molar-refractivity contribution in [2.45, 2.75) is 6.42 Å². The van der Waals surface area contributed by atoms with Crippen molar-refractivity contribution >= 4 is 23.2 Å². The highest BCUT2D eigenvalue weighted by atomic mass is 16.3. The van der Waals surface area contributed by atoms with Crippen LogP contribution in [-0.4, -0.2) is 20.9 Å². The molecular weight excluding hydrogens is 354 g/mol. The van der Waals surface area contributed by atoms with E-state index in [4.69, 9.17) is 4.42 Å². The highest BCUT2D eigenvalue weighted by Crippen LogP contribution is 2.33. The number of oxazole rings is 1. The maximum atomic E-state index is 12.1. The molecule has 7 heteroatoms. The van der Waals surface area contributed by atoms with E-state index in [-0.39, 0.29) is 12.3 Å². The zero-order chi connectivity index (χ0) is 18.9. The van der Waals surface area contributed by atoms with Gasteiger partial charge in [0.15, 0.2) is 12.2 Å². The Hall–Kier alpha value is -4.00. The highest BCUT2D eigenvalue weighted by Gasteiger charge is 2.20. The van der Waals surface area contributed by atoms with E-state index in [1.165, 1.54) is 6.39 Å². The number of rotatable bonds is 3. The lowest BCUT2D eigenvalue weighted by Gasteiger charge is -2.10. The molecule has 0 unspecified atom stereocenters. The van der Waals surface area contributed by atoms with Crippen molar-refractivity contribution in [3.8, 4) is 22.6 Å². The van der Waals surface area contributed by atoms with Crippen LogP contribution in [0.2, 0.25) is 0 Å². The lowest BCUT2D eigenvalue weighted by atomic mass is 10.1. The summed E-state index contributed by atoms with van der Waals surface area (Å²) >= 11 is 0. The number of carbonyl (C=O) groups is 1. The number of amides is 1. The summed E-state index contributed by atoms with van der Waals surface area (Å²) in [6.45, 7) is 0. The van der Waals surface area contributed by atoms with Crippen LogP contribution in [0.4, 0.5) is 17.3 Å². The number of hydrogen-bond acceptors (Lipinski definition) is 6. The fourth-order valence-electron chi connectivity index (χ4n) is 3.20. The molecule has 3 heterocycles. The molecule has 7 nitrogen and oxygen atoms in total. The Morgan fingerprint density at radius 2 is 1.89 bits per heavy atom. The molecule has 1 amide bonds. The highest BCUT2D eigenvalue weighted by molar-refractivity contribution is 5.99. The van der Waals surface area contributed by atoms with Crippen LogP contribution >= 0.6 is 0 Å². The third kappa shape index (κ3) is 2.99. The third-order valence-electron chi connectivity index (χ3n) is 4.53. The van der Waals surface area contributed by atoms with Crippen molar-refractivity contribution in [1.82, 2.24) is 15.0 Å². The zero-order valence-corrected chi connectivity index (χ0v) is 14.7. The standard InChI is InChI=1S/C21H15N5O2/c27-19-9-14-10-23-21(26-20(14)16-3-1-2-4-17(16)25-19)24-15-7-5-13(6-8-15)18-11-22-12-28-18/h1-8,10-12H,9H2,(H,25,27)(H,23,24,26). The number of benzene rings is 2. The molecule has 1 aliphatic heterocycles. The lowest BCUT2D eigenvalue weighted by Crippen LogP contribution is -2.12. The fraction of sp³-hybridized carbons (Fsp3) is 0.0476. The summed E-state index contributed by atoms with van der Waals surface area (Å²) in [7, 11) is 0. The number of nitrogens with one attached hydrogen (secondary N) is 2. The Morgan fingerprint density at radius 3 is 2.71 bits per heavy atom. The first-order valence-electron chi connectivity index (χ1n) is 8.77. The van der Waals surface area contributed by atoms with E-state index in [9.17, 15) is 4.79 Å². The lowest BCUT2D eigenvalue weighted by molar-refractivity contribution is -0.115. The first kappa shape index (κ1) is 16.2. The summed E-state index contributed by atoms with van der Waals surface area (Å²) in [5.74, 6) is 1.11. The van der Waals surface area contributed by atoms with E-state index < -0.39 is 0 Å². The molecule has 2 N–H and O–H groups in total. The molecule has 136 valence electrons. The van der Waals surface area contributed by atoms with Gasteiger partial charge in [-0.25, -0.2) is 15.0 Å². The Morgan fingerprint density at radius 1 is 1.04 bits per heavy atom. The zero-order valence-electron chi connectivity index (χ0n) is 14.7. The molecule has 2 aromatic carbocycles. The Kier molecular flexibility index (Phi) is 3.83. The van der Waals surface area contributed by atoms with Crippen LogP contribution in [0.3, 0.4) is 0 Å². The second kappa shape index (κ2) is 6.62. The molecule has 1 aliphatic rings. The second-order valence-corrected chi connectivity index (χ2v) is 6.41. The maximum absolute atomic E-state index is 12.1. The molecule has 0 fully saturated rings. The summed E-state index contributed by atoms with van der Waals surface area (Å²) in [6.07, 6.45) is 5.03. The van der Waals surface area contributed by atoms with Gasteiger partial charge in [-0.3, -0.25) is 4.79 Å². The van der Waals surface area contributed by atoms with Crippen LogP contribution in [0.5, 0.6) is 0 Å². The van der Waals surface area contributed by atoms with Crippen LogP contribution < -0.4 is 10.6 Å². The van der Waals surface area contributed by atoms with Crippen molar-refractivity contribution in [3.05, 3.63) is 72.9 Å². The third-order valence-corrected chi connectivity index (χ3v) is 4.53. The monoisotopic (exact) mass is 369 g/mol. The average Bonchev–Trinajstić information content (AvgIpc) is 3.20. The van der Waals surface area contributed by atoms with Gasteiger partial charge in [-0.2, -0.15) is 0 Å². The Bertz CT molecular complexity index is 1150. The minimum atomic E-state index is -0.0708. The minimum absolute atomic E-state index is 0.0708. The molecule has 0 bridgehead atoms. The van der Waals surface area contributed by atoms with Gasteiger partial charge in [0.1, 0.15) is 0 Å². The first-order valence-corrected chi connectivity index (χ1v) is 8.77. The molecule has 28 heavy (non-hydrogen) atoms. The largest absolute Gasteiger partial charge is 0.444 e. The van der Waals surface area contributed by atoms with Crippen molar-refractivity contribution in [1.29, 1.82) is 0 Å².